The topological polar surface area (TPSA) is 136 Å². The molecule has 5 N–H and O–H groups in total. The normalized spacial score (nSPS) is 11.3. The number of thiazole rings is 1. The zero-order valence-electron chi connectivity index (χ0n) is 14.0. The Morgan fingerprint density at radius 1 is 1.41 bits per heavy atom. The highest BCUT2D eigenvalue weighted by Crippen LogP contribution is 2.25. The van der Waals surface area contributed by atoms with Crippen molar-refractivity contribution in [1.82, 2.24) is 10.1 Å². The Hall–Kier alpha value is -2.44. The van der Waals surface area contributed by atoms with Crippen LogP contribution in [0.4, 0.5) is 4.39 Å². The molecule has 12 heteroatoms. The van der Waals surface area contributed by atoms with Crippen LogP contribution in [0.25, 0.3) is 0 Å². The zero-order chi connectivity index (χ0) is 19.8. The molecular formula is C15H17BrFN5O4S. The van der Waals surface area contributed by atoms with Crippen molar-refractivity contribution < 1.29 is 23.8 Å². The fourth-order valence-corrected chi connectivity index (χ4v) is 2.84. The number of halogens is 2. The molecule has 0 spiro atoms. The minimum Gasteiger partial charge on any atom is -0.492 e. The van der Waals surface area contributed by atoms with Crippen molar-refractivity contribution in [3.05, 3.63) is 39.6 Å². The summed E-state index contributed by atoms with van der Waals surface area (Å²) < 4.78 is 24.8. The molecule has 0 aliphatic heterocycles. The van der Waals surface area contributed by atoms with Gasteiger partial charge in [-0.05, 0) is 28.1 Å². The van der Waals surface area contributed by atoms with Crippen LogP contribution < -0.4 is 21.1 Å². The lowest BCUT2D eigenvalue weighted by atomic mass is 10.3. The number of rotatable bonds is 10. The van der Waals surface area contributed by atoms with Crippen molar-refractivity contribution in [3.8, 4) is 10.9 Å². The van der Waals surface area contributed by atoms with E-state index in [2.05, 4.69) is 26.0 Å². The Morgan fingerprint density at radius 2 is 2.15 bits per heavy atom. The predicted octanol–water partition coefficient (Wildman–Crippen LogP) is 1.77. The molecule has 2 rings (SSSR count). The number of benzene rings is 1. The second kappa shape index (κ2) is 10.0. The van der Waals surface area contributed by atoms with Gasteiger partial charge in [0.1, 0.15) is 11.6 Å². The monoisotopic (exact) mass is 461 g/mol. The van der Waals surface area contributed by atoms with Crippen molar-refractivity contribution in [3.63, 3.8) is 0 Å². The fraction of sp³-hybridized carbons (Fsp3) is 0.267. The maximum atomic E-state index is 13.2. The van der Waals surface area contributed by atoms with Crippen molar-refractivity contribution in [2.45, 2.75) is 6.42 Å². The smallest absolute Gasteiger partial charge is 0.326 e. The number of hydrazone groups is 1. The van der Waals surface area contributed by atoms with Crippen molar-refractivity contribution in [2.75, 3.05) is 19.8 Å². The molecule has 0 saturated heterocycles. The van der Waals surface area contributed by atoms with E-state index in [-0.39, 0.29) is 11.7 Å². The molecule has 0 aliphatic carbocycles. The van der Waals surface area contributed by atoms with Crippen LogP contribution in [-0.4, -0.2) is 46.8 Å². The second-order valence-electron chi connectivity index (χ2n) is 5.09. The lowest BCUT2D eigenvalue weighted by molar-refractivity contribution is -0.138. The van der Waals surface area contributed by atoms with Gasteiger partial charge in [-0.2, -0.15) is 0 Å². The molecule has 0 radical (unpaired) electrons. The fourth-order valence-electron chi connectivity index (χ4n) is 1.79. The van der Waals surface area contributed by atoms with Crippen LogP contribution in [0, 0.1) is 5.82 Å². The third-order valence-corrected chi connectivity index (χ3v) is 4.52. The number of ether oxygens (including phenoxy) is 2. The number of carbonyl (C=O) groups is 1. The summed E-state index contributed by atoms with van der Waals surface area (Å²) in [4.78, 5) is 15.1. The van der Waals surface area contributed by atoms with Crippen LogP contribution in [-0.2, 0) is 4.79 Å². The molecule has 0 aliphatic rings. The molecule has 0 atom stereocenters. The molecule has 0 amide bonds. The first-order chi connectivity index (χ1) is 12.8. The highest BCUT2D eigenvalue weighted by molar-refractivity contribution is 9.10. The van der Waals surface area contributed by atoms with Gasteiger partial charge in [-0.15, -0.1) is 5.10 Å². The molecule has 27 heavy (non-hydrogen) atoms. The Morgan fingerprint density at radius 3 is 2.89 bits per heavy atom. The first-order valence-electron chi connectivity index (χ1n) is 7.60. The van der Waals surface area contributed by atoms with Crippen LogP contribution in [0.1, 0.15) is 11.3 Å². The second-order valence-corrected chi connectivity index (χ2v) is 6.94. The maximum Gasteiger partial charge on any atom is 0.326 e. The first-order valence-corrected chi connectivity index (χ1v) is 9.21. The first kappa shape index (κ1) is 20.9. The Bertz CT molecular complexity index is 819. The molecule has 0 unspecified atom stereocenters. The number of nitrogens with zero attached hydrogens (tertiary/aromatic N) is 3. The predicted molar refractivity (Wildman–Crippen MR) is 101 cm³/mol. The number of aromatic nitrogens is 1. The lowest BCUT2D eigenvalue weighted by Gasteiger charge is -2.09. The molecule has 146 valence electrons. The molecule has 2 aromatic rings. The van der Waals surface area contributed by atoms with E-state index in [9.17, 15) is 9.18 Å². The number of hydrogen-bond acceptors (Lipinski definition) is 8. The number of aliphatic carboxylic acids is 1. The standard InChI is InChI=1S/C15H17BrFN5O4S/c16-10-3-2-9(17)6-11(10)25-4-1-5-26-15-20-7-12(27-15)14(18)21-22(19)8-13(23)24/h2-3,6-7H,1,4-5,8,19H2,(H2,18,21)(H,23,24). The van der Waals surface area contributed by atoms with Crippen LogP contribution in [0.2, 0.25) is 0 Å². The molecular weight excluding hydrogens is 445 g/mol. The van der Waals surface area contributed by atoms with Crippen LogP contribution in [0.15, 0.2) is 34.0 Å². The summed E-state index contributed by atoms with van der Waals surface area (Å²) in [5.41, 5.74) is 5.75. The molecule has 0 fully saturated rings. The molecule has 0 saturated carbocycles. The number of hydrazine groups is 1. The van der Waals surface area contributed by atoms with Gasteiger partial charge >= 0.3 is 5.97 Å². The third-order valence-electron chi connectivity index (χ3n) is 2.94. The van der Waals surface area contributed by atoms with E-state index in [1.165, 1.54) is 18.3 Å². The van der Waals surface area contributed by atoms with Gasteiger partial charge in [-0.3, -0.25) is 4.79 Å². The summed E-state index contributed by atoms with van der Waals surface area (Å²) >= 11 is 4.43. The Balaban J connectivity index is 1.76. The van der Waals surface area contributed by atoms with Gasteiger partial charge in [0.05, 0.1) is 28.8 Å². The van der Waals surface area contributed by atoms with E-state index in [0.717, 1.165) is 16.5 Å². The van der Waals surface area contributed by atoms with Crippen molar-refractivity contribution in [2.24, 2.45) is 16.7 Å². The van der Waals surface area contributed by atoms with E-state index in [4.69, 9.17) is 26.2 Å². The SMILES string of the molecule is N/C(=N\N(N)CC(=O)O)c1cnc(OCCCOc2cc(F)ccc2Br)s1. The number of carboxylic acid groups (broad SMARTS) is 1. The summed E-state index contributed by atoms with van der Waals surface area (Å²) in [7, 11) is 0. The highest BCUT2D eigenvalue weighted by Gasteiger charge is 2.09. The van der Waals surface area contributed by atoms with Gasteiger partial charge in [0.15, 0.2) is 12.4 Å². The number of amidine groups is 1. The zero-order valence-corrected chi connectivity index (χ0v) is 16.4. The van der Waals surface area contributed by atoms with Gasteiger partial charge in [0, 0.05) is 12.5 Å². The summed E-state index contributed by atoms with van der Waals surface area (Å²) in [5.74, 6) is 4.34. The van der Waals surface area contributed by atoms with Crippen molar-refractivity contribution in [1.29, 1.82) is 0 Å². The molecule has 1 aromatic heterocycles. The van der Waals surface area contributed by atoms with E-state index >= 15 is 0 Å². The Labute approximate surface area is 166 Å². The van der Waals surface area contributed by atoms with E-state index in [1.807, 2.05) is 0 Å². The highest BCUT2D eigenvalue weighted by atomic mass is 79.9. The average Bonchev–Trinajstić information content (AvgIpc) is 3.06. The van der Waals surface area contributed by atoms with E-state index < -0.39 is 12.5 Å². The van der Waals surface area contributed by atoms with Crippen LogP contribution in [0.5, 0.6) is 10.9 Å². The van der Waals surface area contributed by atoms with E-state index in [0.29, 0.717) is 39.9 Å². The average molecular weight is 462 g/mol. The largest absolute Gasteiger partial charge is 0.492 e. The summed E-state index contributed by atoms with van der Waals surface area (Å²) in [5, 5.41) is 13.5. The molecule has 1 aromatic carbocycles. The third kappa shape index (κ3) is 7.00. The van der Waals surface area contributed by atoms with Crippen LogP contribution in [0.3, 0.4) is 0 Å². The van der Waals surface area contributed by atoms with Gasteiger partial charge in [0.2, 0.25) is 0 Å². The van der Waals surface area contributed by atoms with Crippen LogP contribution >= 0.6 is 27.3 Å². The van der Waals surface area contributed by atoms with Gasteiger partial charge in [0.25, 0.3) is 5.19 Å². The summed E-state index contributed by atoms with van der Waals surface area (Å²) in [6.45, 7) is 0.185. The quantitative estimate of drug-likeness (QED) is 0.160. The molecule has 9 nitrogen and oxygen atoms in total. The van der Waals surface area contributed by atoms with Gasteiger partial charge < -0.3 is 20.3 Å². The minimum absolute atomic E-state index is 0.0328. The van der Waals surface area contributed by atoms with E-state index in [1.54, 1.807) is 6.07 Å². The number of carboxylic acids is 1. The minimum atomic E-state index is -1.13. The maximum absolute atomic E-state index is 13.2. The Kier molecular flexibility index (Phi) is 7.76. The molecule has 1 heterocycles. The van der Waals surface area contributed by atoms with Gasteiger partial charge in [-0.1, -0.05) is 11.3 Å². The number of hydrogen-bond donors (Lipinski definition) is 3. The number of nitrogens with two attached hydrogens (primary N) is 2. The van der Waals surface area contributed by atoms with Gasteiger partial charge in [-0.25, -0.2) is 20.3 Å². The lowest BCUT2D eigenvalue weighted by Crippen LogP contribution is -2.33. The molecule has 0 bridgehead atoms. The van der Waals surface area contributed by atoms with Crippen molar-refractivity contribution >= 4 is 39.1 Å². The summed E-state index contributed by atoms with van der Waals surface area (Å²) in [6, 6.07) is 4.20. The summed E-state index contributed by atoms with van der Waals surface area (Å²) in [6.07, 6.45) is 2.00.